The first-order valence-electron chi connectivity index (χ1n) is 8.76. The highest BCUT2D eigenvalue weighted by atomic mass is 28.4. The summed E-state index contributed by atoms with van der Waals surface area (Å²) in [6.07, 6.45) is 1.09. The van der Waals surface area contributed by atoms with Crippen LogP contribution in [0.15, 0.2) is 0 Å². The molecule has 1 aliphatic heterocycles. The molecule has 0 unspecified atom stereocenters. The van der Waals surface area contributed by atoms with Crippen LogP contribution >= 0.6 is 0 Å². The highest BCUT2D eigenvalue weighted by Gasteiger charge is 2.40. The number of nitrogens with zero attached hydrogens (tertiary/aromatic N) is 2. The molecule has 0 N–H and O–H groups in total. The highest BCUT2D eigenvalue weighted by Crippen LogP contribution is 2.20. The van der Waals surface area contributed by atoms with Crippen molar-refractivity contribution in [3.8, 4) is 0 Å². The van der Waals surface area contributed by atoms with Gasteiger partial charge >= 0.3 is 8.80 Å². The smallest absolute Gasteiger partial charge is 0.374 e. The molecule has 1 saturated heterocycles. The van der Waals surface area contributed by atoms with E-state index in [-0.39, 0.29) is 0 Å². The van der Waals surface area contributed by atoms with Crippen molar-refractivity contribution in [1.82, 2.24) is 9.47 Å². The van der Waals surface area contributed by atoms with Gasteiger partial charge in [0.05, 0.1) is 0 Å². The fraction of sp³-hybridized carbons (Fsp3) is 1.00. The van der Waals surface area contributed by atoms with Crippen LogP contribution < -0.4 is 0 Å². The minimum Gasteiger partial charge on any atom is -0.374 e. The van der Waals surface area contributed by atoms with Gasteiger partial charge in [-0.3, -0.25) is 4.90 Å². The zero-order valence-electron chi connectivity index (χ0n) is 15.5. The summed E-state index contributed by atoms with van der Waals surface area (Å²) in [5.41, 5.74) is 0. The molecule has 1 fully saturated rings. The Bertz CT molecular complexity index is 297. The first kappa shape index (κ1) is 20.3. The maximum Gasteiger partial charge on any atom is 0.500 e. The molecule has 1 aliphatic rings. The van der Waals surface area contributed by atoms with Crippen molar-refractivity contribution in [3.05, 3.63) is 0 Å². The van der Waals surface area contributed by atoms with Crippen molar-refractivity contribution < 1.29 is 13.3 Å². The molecule has 0 spiro atoms. The minimum atomic E-state index is -2.45. The minimum absolute atomic E-state index is 0.666. The van der Waals surface area contributed by atoms with Gasteiger partial charge in [-0.05, 0) is 33.7 Å². The van der Waals surface area contributed by atoms with Crippen LogP contribution in [0.25, 0.3) is 0 Å². The van der Waals surface area contributed by atoms with Crippen molar-refractivity contribution >= 4 is 17.0 Å². The van der Waals surface area contributed by atoms with Gasteiger partial charge in [-0.25, -0.2) is 0 Å². The van der Waals surface area contributed by atoms with Gasteiger partial charge in [-0.2, -0.15) is 0 Å². The Labute approximate surface area is 139 Å². The lowest BCUT2D eigenvalue weighted by Gasteiger charge is -2.30. The predicted molar refractivity (Wildman–Crippen MR) is 96.5 cm³/mol. The summed E-state index contributed by atoms with van der Waals surface area (Å²) in [7, 11) is -3.61. The molecule has 0 bridgehead atoms. The molecular weight excluding hydrogens is 312 g/mol. The van der Waals surface area contributed by atoms with Crippen LogP contribution in [0.2, 0.25) is 25.7 Å². The molecule has 0 aromatic rings. The SMILES string of the molecule is CCO[Si](CCCN1CCN([Si](C)(C)C)C1)(OCC)OCC. The topological polar surface area (TPSA) is 34.2 Å². The molecule has 5 nitrogen and oxygen atoms in total. The van der Waals surface area contributed by atoms with Crippen LogP contribution in [0.1, 0.15) is 27.2 Å². The van der Waals surface area contributed by atoms with E-state index in [2.05, 4.69) is 29.1 Å². The Hall–Kier alpha value is 0.234. The van der Waals surface area contributed by atoms with E-state index in [4.69, 9.17) is 13.3 Å². The second-order valence-corrected chi connectivity index (χ2v) is 14.5. The standard InChI is InChI=1S/C15H36N2O3Si2/c1-7-18-22(19-8-2,20-9-3)14-10-11-16-12-13-17(15-16)21(4,5)6/h7-15H2,1-6H3. The summed E-state index contributed by atoms with van der Waals surface area (Å²) in [6, 6.07) is 0.923. The van der Waals surface area contributed by atoms with Crippen molar-refractivity contribution in [2.75, 3.05) is 46.1 Å². The average molecular weight is 349 g/mol. The van der Waals surface area contributed by atoms with Crippen LogP contribution in [-0.2, 0) is 13.3 Å². The average Bonchev–Trinajstić information content (AvgIpc) is 2.88. The lowest BCUT2D eigenvalue weighted by Crippen LogP contribution is -2.47. The molecule has 1 heterocycles. The zero-order chi connectivity index (χ0) is 16.6. The lowest BCUT2D eigenvalue weighted by molar-refractivity contribution is 0.0700. The Morgan fingerprint density at radius 2 is 1.41 bits per heavy atom. The largest absolute Gasteiger partial charge is 0.500 e. The summed E-state index contributed by atoms with van der Waals surface area (Å²) < 4.78 is 20.4. The van der Waals surface area contributed by atoms with Gasteiger partial charge in [-0.15, -0.1) is 0 Å². The number of hydrogen-bond donors (Lipinski definition) is 0. The molecule has 0 aromatic carbocycles. The molecule has 0 saturated carbocycles. The molecule has 1 rings (SSSR count). The van der Waals surface area contributed by atoms with E-state index >= 15 is 0 Å². The summed E-state index contributed by atoms with van der Waals surface area (Å²) in [5, 5.41) is 0. The maximum atomic E-state index is 5.92. The van der Waals surface area contributed by atoms with Gasteiger partial charge in [0.25, 0.3) is 0 Å². The lowest BCUT2D eigenvalue weighted by atomic mass is 10.4. The summed E-state index contributed by atoms with van der Waals surface area (Å²) in [5.74, 6) is 0. The van der Waals surface area contributed by atoms with Crippen molar-refractivity contribution in [2.45, 2.75) is 52.9 Å². The molecular formula is C15H36N2O3Si2. The molecule has 7 heteroatoms. The van der Waals surface area contributed by atoms with Gasteiger partial charge in [-0.1, -0.05) is 19.6 Å². The zero-order valence-corrected chi connectivity index (χ0v) is 17.5. The van der Waals surface area contributed by atoms with Crippen LogP contribution in [0.4, 0.5) is 0 Å². The van der Waals surface area contributed by atoms with Crippen LogP contribution in [0, 0.1) is 0 Å². The fourth-order valence-corrected chi connectivity index (χ4v) is 6.88. The molecule has 132 valence electrons. The number of hydrogen-bond acceptors (Lipinski definition) is 5. The van der Waals surface area contributed by atoms with E-state index in [0.717, 1.165) is 25.7 Å². The van der Waals surface area contributed by atoms with Crippen LogP contribution in [-0.4, -0.2) is 72.6 Å². The third-order valence-electron chi connectivity index (χ3n) is 4.06. The third-order valence-corrected chi connectivity index (χ3v) is 9.47. The molecule has 0 aromatic heterocycles. The quantitative estimate of drug-likeness (QED) is 0.536. The van der Waals surface area contributed by atoms with Gasteiger partial charge in [0.1, 0.15) is 8.24 Å². The second-order valence-electron chi connectivity index (χ2n) is 6.78. The Morgan fingerprint density at radius 1 is 0.864 bits per heavy atom. The molecule has 0 radical (unpaired) electrons. The Morgan fingerprint density at radius 3 is 1.82 bits per heavy atom. The van der Waals surface area contributed by atoms with Gasteiger partial charge in [0.15, 0.2) is 0 Å². The summed E-state index contributed by atoms with van der Waals surface area (Å²) >= 11 is 0. The van der Waals surface area contributed by atoms with Gasteiger partial charge < -0.3 is 17.8 Å². The fourth-order valence-electron chi connectivity index (χ4n) is 2.90. The third kappa shape index (κ3) is 6.39. The second kappa shape index (κ2) is 9.51. The van der Waals surface area contributed by atoms with Crippen molar-refractivity contribution in [3.63, 3.8) is 0 Å². The van der Waals surface area contributed by atoms with E-state index in [1.54, 1.807) is 0 Å². The predicted octanol–water partition coefficient (Wildman–Crippen LogP) is 2.83. The highest BCUT2D eigenvalue weighted by molar-refractivity contribution is 6.73. The molecule has 22 heavy (non-hydrogen) atoms. The Balaban J connectivity index is 2.42. The maximum absolute atomic E-state index is 5.92. The first-order chi connectivity index (χ1) is 10.4. The molecule has 0 aliphatic carbocycles. The van der Waals surface area contributed by atoms with E-state index in [0.29, 0.717) is 19.8 Å². The van der Waals surface area contributed by atoms with E-state index in [1.807, 2.05) is 20.8 Å². The van der Waals surface area contributed by atoms with Crippen molar-refractivity contribution in [1.29, 1.82) is 0 Å². The summed E-state index contributed by atoms with van der Waals surface area (Å²) in [6.45, 7) is 20.0. The summed E-state index contributed by atoms with van der Waals surface area (Å²) in [4.78, 5) is 2.56. The normalized spacial score (nSPS) is 18.3. The van der Waals surface area contributed by atoms with Crippen LogP contribution in [0.5, 0.6) is 0 Å². The van der Waals surface area contributed by atoms with E-state index < -0.39 is 17.0 Å². The number of rotatable bonds is 11. The monoisotopic (exact) mass is 348 g/mol. The van der Waals surface area contributed by atoms with Gasteiger partial charge in [0.2, 0.25) is 0 Å². The van der Waals surface area contributed by atoms with Crippen LogP contribution in [0.3, 0.4) is 0 Å². The van der Waals surface area contributed by atoms with E-state index in [1.165, 1.54) is 13.1 Å². The van der Waals surface area contributed by atoms with Crippen molar-refractivity contribution in [2.24, 2.45) is 0 Å². The molecule has 0 atom stereocenters. The van der Waals surface area contributed by atoms with E-state index in [9.17, 15) is 0 Å². The first-order valence-corrected chi connectivity index (χ1v) is 14.1. The Kier molecular flexibility index (Phi) is 8.77. The molecule has 0 amide bonds. The van der Waals surface area contributed by atoms with Gasteiger partial charge in [0, 0.05) is 45.6 Å².